The van der Waals surface area contributed by atoms with Crippen molar-refractivity contribution >= 4 is 5.97 Å². The van der Waals surface area contributed by atoms with Gasteiger partial charge in [0.05, 0.1) is 0 Å². The first kappa shape index (κ1) is 9.00. The molecule has 3 heteroatoms. The molecule has 2 bridgehead atoms. The molecule has 3 heterocycles. The van der Waals surface area contributed by atoms with Crippen LogP contribution in [0.5, 0.6) is 0 Å². The number of carboxylic acid groups (broad SMARTS) is 1. The van der Waals surface area contributed by atoms with Crippen LogP contribution in [0.25, 0.3) is 0 Å². The van der Waals surface area contributed by atoms with Crippen molar-refractivity contribution in [1.82, 2.24) is 4.90 Å². The molecule has 1 N–H and O–H groups in total. The molecule has 0 amide bonds. The van der Waals surface area contributed by atoms with Crippen molar-refractivity contribution in [2.75, 3.05) is 19.6 Å². The highest BCUT2D eigenvalue weighted by atomic mass is 16.4. The molecule has 3 nitrogen and oxygen atoms in total. The lowest BCUT2D eigenvalue weighted by atomic mass is 9.90. The fourth-order valence-electron chi connectivity index (χ4n) is 2.71. The number of hydrogen-bond donors (Lipinski definition) is 1. The highest BCUT2D eigenvalue weighted by Gasteiger charge is 2.29. The summed E-state index contributed by atoms with van der Waals surface area (Å²) in [4.78, 5) is 13.0. The molecule has 0 aromatic rings. The van der Waals surface area contributed by atoms with Crippen LogP contribution in [0.1, 0.15) is 25.7 Å². The molecular weight excluding hydrogens is 166 g/mol. The first-order valence-electron chi connectivity index (χ1n) is 5.18. The van der Waals surface area contributed by atoms with Crippen molar-refractivity contribution in [3.05, 3.63) is 0 Å². The lowest BCUT2D eigenvalue weighted by Crippen LogP contribution is -2.32. The largest absolute Gasteiger partial charge is 0.481 e. The standard InChI is InChI=1S/C10H17NO2/c12-10(13)6-9-5-8-1-3-11(7-9)4-2-8/h8-9H,1-7H2,(H,12,13). The molecule has 0 aromatic carbocycles. The van der Waals surface area contributed by atoms with Crippen LogP contribution in [0.2, 0.25) is 0 Å². The van der Waals surface area contributed by atoms with Crippen LogP contribution in [0.3, 0.4) is 0 Å². The van der Waals surface area contributed by atoms with Crippen molar-refractivity contribution in [3.63, 3.8) is 0 Å². The molecule has 3 fully saturated rings. The predicted molar refractivity (Wildman–Crippen MR) is 49.5 cm³/mol. The Kier molecular flexibility index (Phi) is 2.54. The van der Waals surface area contributed by atoms with Crippen LogP contribution in [0, 0.1) is 11.8 Å². The number of piperidine rings is 1. The first-order chi connectivity index (χ1) is 6.24. The zero-order valence-electron chi connectivity index (χ0n) is 7.91. The van der Waals surface area contributed by atoms with Gasteiger partial charge in [0.25, 0.3) is 0 Å². The van der Waals surface area contributed by atoms with E-state index in [9.17, 15) is 4.79 Å². The molecular formula is C10H17NO2. The molecule has 3 saturated heterocycles. The number of aliphatic carboxylic acids is 1. The quantitative estimate of drug-likeness (QED) is 0.699. The summed E-state index contributed by atoms with van der Waals surface area (Å²) in [5.74, 6) is 0.586. The van der Waals surface area contributed by atoms with Crippen molar-refractivity contribution in [3.8, 4) is 0 Å². The Bertz CT molecular complexity index is 183. The van der Waals surface area contributed by atoms with Crippen LogP contribution in [-0.2, 0) is 4.79 Å². The SMILES string of the molecule is O=C(O)CC1CC2CCN(CC2)C1. The minimum Gasteiger partial charge on any atom is -0.481 e. The van der Waals surface area contributed by atoms with E-state index in [1.807, 2.05) is 0 Å². The molecule has 3 aliphatic rings. The zero-order chi connectivity index (χ0) is 9.26. The summed E-state index contributed by atoms with van der Waals surface area (Å²) in [7, 11) is 0. The van der Waals surface area contributed by atoms with Crippen LogP contribution < -0.4 is 0 Å². The van der Waals surface area contributed by atoms with Gasteiger partial charge in [-0.25, -0.2) is 0 Å². The van der Waals surface area contributed by atoms with E-state index in [0.717, 1.165) is 18.9 Å². The molecule has 0 radical (unpaired) electrons. The fourth-order valence-corrected chi connectivity index (χ4v) is 2.71. The van der Waals surface area contributed by atoms with E-state index in [1.54, 1.807) is 0 Å². The third-order valence-corrected chi connectivity index (χ3v) is 3.35. The van der Waals surface area contributed by atoms with Crippen LogP contribution >= 0.6 is 0 Å². The van der Waals surface area contributed by atoms with Gasteiger partial charge in [0, 0.05) is 13.0 Å². The predicted octanol–water partition coefficient (Wildman–Crippen LogP) is 1.19. The van der Waals surface area contributed by atoms with E-state index < -0.39 is 5.97 Å². The third-order valence-electron chi connectivity index (χ3n) is 3.35. The first-order valence-corrected chi connectivity index (χ1v) is 5.18. The normalized spacial score (nSPS) is 38.6. The Balaban J connectivity index is 1.95. The van der Waals surface area contributed by atoms with E-state index in [1.165, 1.54) is 25.9 Å². The van der Waals surface area contributed by atoms with E-state index in [-0.39, 0.29) is 0 Å². The molecule has 1 unspecified atom stereocenters. The summed E-state index contributed by atoms with van der Waals surface area (Å²) >= 11 is 0. The average Bonchev–Trinajstić information content (AvgIpc) is 2.34. The van der Waals surface area contributed by atoms with Gasteiger partial charge in [-0.2, -0.15) is 0 Å². The van der Waals surface area contributed by atoms with E-state index in [0.29, 0.717) is 12.3 Å². The molecule has 0 aliphatic carbocycles. The Morgan fingerprint density at radius 3 is 2.69 bits per heavy atom. The van der Waals surface area contributed by atoms with Gasteiger partial charge in [-0.05, 0) is 44.2 Å². The molecule has 3 aliphatic heterocycles. The molecule has 0 aromatic heterocycles. The van der Waals surface area contributed by atoms with Crippen molar-refractivity contribution < 1.29 is 9.90 Å². The van der Waals surface area contributed by atoms with E-state index in [4.69, 9.17) is 5.11 Å². The summed E-state index contributed by atoms with van der Waals surface area (Å²) in [6.07, 6.45) is 4.09. The van der Waals surface area contributed by atoms with Gasteiger partial charge < -0.3 is 10.0 Å². The Labute approximate surface area is 78.7 Å². The smallest absolute Gasteiger partial charge is 0.303 e. The minimum atomic E-state index is -0.632. The average molecular weight is 183 g/mol. The maximum atomic E-state index is 10.6. The number of nitrogens with zero attached hydrogens (tertiary/aromatic N) is 1. The fraction of sp³-hybridized carbons (Fsp3) is 0.900. The maximum absolute atomic E-state index is 10.6. The molecule has 0 spiro atoms. The van der Waals surface area contributed by atoms with Crippen molar-refractivity contribution in [2.45, 2.75) is 25.7 Å². The van der Waals surface area contributed by atoms with Gasteiger partial charge in [-0.3, -0.25) is 4.79 Å². The lowest BCUT2D eigenvalue weighted by molar-refractivity contribution is -0.138. The van der Waals surface area contributed by atoms with Gasteiger partial charge in [0.2, 0.25) is 0 Å². The van der Waals surface area contributed by atoms with Crippen LogP contribution in [0.15, 0.2) is 0 Å². The number of rotatable bonds is 2. The molecule has 13 heavy (non-hydrogen) atoms. The molecule has 0 saturated carbocycles. The van der Waals surface area contributed by atoms with E-state index >= 15 is 0 Å². The number of carboxylic acids is 1. The summed E-state index contributed by atoms with van der Waals surface area (Å²) < 4.78 is 0. The summed E-state index contributed by atoms with van der Waals surface area (Å²) in [6.45, 7) is 3.41. The Morgan fingerprint density at radius 1 is 1.38 bits per heavy atom. The number of carbonyl (C=O) groups is 1. The summed E-state index contributed by atoms with van der Waals surface area (Å²) in [6, 6.07) is 0. The Hall–Kier alpha value is -0.570. The minimum absolute atomic E-state index is 0.368. The summed E-state index contributed by atoms with van der Waals surface area (Å²) in [5, 5.41) is 8.73. The van der Waals surface area contributed by atoms with Crippen molar-refractivity contribution in [1.29, 1.82) is 0 Å². The van der Waals surface area contributed by atoms with Gasteiger partial charge in [-0.15, -0.1) is 0 Å². The lowest BCUT2D eigenvalue weighted by Gasteiger charge is -2.26. The highest BCUT2D eigenvalue weighted by molar-refractivity contribution is 5.67. The topological polar surface area (TPSA) is 40.5 Å². The van der Waals surface area contributed by atoms with Gasteiger partial charge in [-0.1, -0.05) is 0 Å². The second kappa shape index (κ2) is 3.66. The van der Waals surface area contributed by atoms with Gasteiger partial charge in [0.15, 0.2) is 0 Å². The Morgan fingerprint density at radius 2 is 2.08 bits per heavy atom. The second-order valence-electron chi connectivity index (χ2n) is 4.44. The summed E-state index contributed by atoms with van der Waals surface area (Å²) in [5.41, 5.74) is 0. The molecule has 74 valence electrons. The monoisotopic (exact) mass is 183 g/mol. The van der Waals surface area contributed by atoms with Gasteiger partial charge >= 0.3 is 5.97 Å². The van der Waals surface area contributed by atoms with Crippen molar-refractivity contribution in [2.24, 2.45) is 11.8 Å². The number of hydrogen-bond acceptors (Lipinski definition) is 2. The van der Waals surface area contributed by atoms with Crippen LogP contribution in [-0.4, -0.2) is 35.6 Å². The van der Waals surface area contributed by atoms with Crippen LogP contribution in [0.4, 0.5) is 0 Å². The zero-order valence-corrected chi connectivity index (χ0v) is 7.91. The third kappa shape index (κ3) is 2.21. The number of fused-ring (bicyclic) bond motifs is 4. The van der Waals surface area contributed by atoms with Gasteiger partial charge in [0.1, 0.15) is 0 Å². The van der Waals surface area contributed by atoms with E-state index in [2.05, 4.69) is 4.90 Å². The maximum Gasteiger partial charge on any atom is 0.303 e. The molecule has 3 rings (SSSR count). The highest BCUT2D eigenvalue weighted by Crippen LogP contribution is 2.31. The second-order valence-corrected chi connectivity index (χ2v) is 4.44. The molecule has 1 atom stereocenters.